The molecule has 1 aromatic rings. The van der Waals surface area contributed by atoms with Gasteiger partial charge >= 0.3 is 0 Å². The van der Waals surface area contributed by atoms with Crippen molar-refractivity contribution in [2.45, 2.75) is 25.7 Å². The number of aliphatic hydroxyl groups excluding tert-OH is 1. The Morgan fingerprint density at radius 3 is 2.71 bits per heavy atom. The molecule has 0 fully saturated rings. The van der Waals surface area contributed by atoms with Crippen LogP contribution in [0.2, 0.25) is 0 Å². The van der Waals surface area contributed by atoms with Crippen molar-refractivity contribution in [2.75, 3.05) is 6.61 Å². The highest BCUT2D eigenvalue weighted by Gasteiger charge is 2.28. The molecule has 0 aromatic heterocycles. The number of phenols is 1. The van der Waals surface area contributed by atoms with Crippen LogP contribution in [0.5, 0.6) is 17.2 Å². The van der Waals surface area contributed by atoms with E-state index in [2.05, 4.69) is 0 Å². The number of aryl methyl sites for hydroxylation is 1. The van der Waals surface area contributed by atoms with Crippen LogP contribution < -0.4 is 4.74 Å². The van der Waals surface area contributed by atoms with Crippen LogP contribution in [0.25, 0.3) is 0 Å². The Balaban J connectivity index is 1.87. The molecule has 0 radical (unpaired) electrons. The molecule has 0 saturated heterocycles. The summed E-state index contributed by atoms with van der Waals surface area (Å²) in [5.41, 5.74) is 1.16. The average Bonchev–Trinajstić information content (AvgIpc) is 2.96. The highest BCUT2D eigenvalue weighted by molar-refractivity contribution is 5.66. The number of hydrogen-bond acceptors (Lipinski definition) is 3. The Morgan fingerprint density at radius 1 is 1.07 bits per heavy atom. The van der Waals surface area contributed by atoms with Crippen LogP contribution in [0.15, 0.2) is 12.1 Å². The third kappa shape index (κ3) is 1.82. The zero-order chi connectivity index (χ0) is 9.97. The second kappa shape index (κ2) is 3.88. The molecule has 2 rings (SSSR count). The first kappa shape index (κ1) is 9.34. The smallest absolute Gasteiger partial charge is 0.211 e. The lowest BCUT2D eigenvalue weighted by molar-refractivity contribution is 0.283. The summed E-state index contributed by atoms with van der Waals surface area (Å²) in [4.78, 5) is 0. The molecule has 0 atom stereocenters. The third-order valence-electron chi connectivity index (χ3n) is 2.44. The van der Waals surface area contributed by atoms with Crippen LogP contribution in [-0.4, -0.2) is 16.8 Å². The van der Waals surface area contributed by atoms with E-state index in [0.717, 1.165) is 37.0 Å². The molecule has 2 N–H and O–H groups in total. The zero-order valence-electron chi connectivity index (χ0n) is 7.99. The summed E-state index contributed by atoms with van der Waals surface area (Å²) in [6.45, 7) is 0.268. The molecular weight excluding hydrogens is 180 g/mol. The van der Waals surface area contributed by atoms with Gasteiger partial charge in [-0.1, -0.05) is 12.5 Å². The minimum atomic E-state index is 0.235. The summed E-state index contributed by atoms with van der Waals surface area (Å²) < 4.78 is 5.16. The molecule has 0 spiro atoms. The quantitative estimate of drug-likeness (QED) is 0.566. The van der Waals surface area contributed by atoms with E-state index in [1.807, 2.05) is 6.07 Å². The second-order valence-corrected chi connectivity index (χ2v) is 3.54. The van der Waals surface area contributed by atoms with Gasteiger partial charge in [0, 0.05) is 6.61 Å². The van der Waals surface area contributed by atoms with Crippen LogP contribution in [0.4, 0.5) is 0 Å². The molecule has 3 heteroatoms. The van der Waals surface area contributed by atoms with Crippen molar-refractivity contribution in [3.8, 4) is 17.2 Å². The van der Waals surface area contributed by atoms with E-state index in [1.165, 1.54) is 0 Å². The number of unbranched alkanes of at least 4 members (excludes halogenated alkanes) is 2. The lowest BCUT2D eigenvalue weighted by Gasteiger charge is -1.98. The summed E-state index contributed by atoms with van der Waals surface area (Å²) in [5.74, 6) is 1.73. The standard InChI is InChI=1S/C11H14O3/c12-7-3-1-2-4-8-5-6-9(13)11-10(8)14-11/h5-6,12-13H,1-4,7H2. The lowest BCUT2D eigenvalue weighted by atomic mass is 10.1. The average molecular weight is 194 g/mol. The predicted octanol–water partition coefficient (Wildman–Crippen LogP) is 2.20. The number of aliphatic hydroxyl groups is 1. The summed E-state index contributed by atoms with van der Waals surface area (Å²) in [7, 11) is 0. The number of phenolic OH excluding ortho intramolecular Hbond substituents is 1. The SMILES string of the molecule is OCCCCCc1ccc(O)c2c1O2. The van der Waals surface area contributed by atoms with Crippen molar-refractivity contribution in [1.82, 2.24) is 0 Å². The van der Waals surface area contributed by atoms with Crippen LogP contribution >= 0.6 is 0 Å². The fourth-order valence-corrected chi connectivity index (χ4v) is 1.59. The summed E-state index contributed by atoms with van der Waals surface area (Å²) in [6.07, 6.45) is 3.91. The van der Waals surface area contributed by atoms with Gasteiger partial charge in [0.2, 0.25) is 5.75 Å². The topological polar surface area (TPSA) is 53.0 Å². The molecule has 14 heavy (non-hydrogen) atoms. The minimum absolute atomic E-state index is 0.235. The van der Waals surface area contributed by atoms with Gasteiger partial charge < -0.3 is 14.9 Å². The first-order valence-electron chi connectivity index (χ1n) is 4.96. The molecule has 1 aromatic carbocycles. The Morgan fingerprint density at radius 2 is 1.93 bits per heavy atom. The molecule has 1 aliphatic heterocycles. The Bertz CT molecular complexity index is 334. The van der Waals surface area contributed by atoms with E-state index < -0.39 is 0 Å². The van der Waals surface area contributed by atoms with E-state index in [-0.39, 0.29) is 12.4 Å². The molecule has 0 saturated carbocycles. The van der Waals surface area contributed by atoms with Crippen molar-refractivity contribution < 1.29 is 14.9 Å². The molecule has 0 aliphatic carbocycles. The normalized spacial score (nSPS) is 12.1. The van der Waals surface area contributed by atoms with E-state index >= 15 is 0 Å². The maximum Gasteiger partial charge on any atom is 0.211 e. The fourth-order valence-electron chi connectivity index (χ4n) is 1.59. The van der Waals surface area contributed by atoms with Crippen LogP contribution in [0, 0.1) is 0 Å². The number of fused-ring (bicyclic) bond motifs is 1. The molecule has 1 heterocycles. The number of rotatable bonds is 5. The Labute approximate surface area is 83.0 Å². The van der Waals surface area contributed by atoms with Gasteiger partial charge in [-0.2, -0.15) is 0 Å². The van der Waals surface area contributed by atoms with Gasteiger partial charge in [0.15, 0.2) is 11.5 Å². The number of hydrogen-bond donors (Lipinski definition) is 2. The summed E-state index contributed by atoms with van der Waals surface area (Å²) in [5, 5.41) is 17.9. The molecule has 3 nitrogen and oxygen atoms in total. The van der Waals surface area contributed by atoms with E-state index in [1.54, 1.807) is 6.07 Å². The first-order chi connectivity index (χ1) is 6.83. The van der Waals surface area contributed by atoms with Crippen LogP contribution in [0.1, 0.15) is 24.8 Å². The van der Waals surface area contributed by atoms with Crippen molar-refractivity contribution in [3.05, 3.63) is 17.7 Å². The van der Waals surface area contributed by atoms with Crippen molar-refractivity contribution in [3.63, 3.8) is 0 Å². The zero-order valence-corrected chi connectivity index (χ0v) is 7.99. The second-order valence-electron chi connectivity index (χ2n) is 3.54. The van der Waals surface area contributed by atoms with Crippen molar-refractivity contribution >= 4 is 0 Å². The largest absolute Gasteiger partial charge is 0.504 e. The van der Waals surface area contributed by atoms with Crippen LogP contribution in [0.3, 0.4) is 0 Å². The summed E-state index contributed by atoms with van der Waals surface area (Å²) >= 11 is 0. The molecular formula is C11H14O3. The van der Waals surface area contributed by atoms with Gasteiger partial charge in [0.05, 0.1) is 0 Å². The van der Waals surface area contributed by atoms with E-state index in [4.69, 9.17) is 9.84 Å². The molecule has 76 valence electrons. The highest BCUT2D eigenvalue weighted by Crippen LogP contribution is 2.54. The Hall–Kier alpha value is -1.22. The van der Waals surface area contributed by atoms with Gasteiger partial charge in [0.1, 0.15) is 0 Å². The van der Waals surface area contributed by atoms with Gasteiger partial charge in [0.25, 0.3) is 0 Å². The van der Waals surface area contributed by atoms with Gasteiger partial charge in [-0.15, -0.1) is 0 Å². The first-order valence-corrected chi connectivity index (χ1v) is 4.96. The predicted molar refractivity (Wildman–Crippen MR) is 52.8 cm³/mol. The molecule has 0 unspecified atom stereocenters. The van der Waals surface area contributed by atoms with E-state index in [9.17, 15) is 5.11 Å². The number of ether oxygens (including phenoxy) is 1. The monoisotopic (exact) mass is 194 g/mol. The number of benzene rings is 1. The molecule has 0 bridgehead atoms. The molecule has 0 amide bonds. The van der Waals surface area contributed by atoms with Gasteiger partial charge in [-0.3, -0.25) is 0 Å². The van der Waals surface area contributed by atoms with Crippen molar-refractivity contribution in [1.29, 1.82) is 0 Å². The van der Waals surface area contributed by atoms with E-state index in [0.29, 0.717) is 5.75 Å². The van der Waals surface area contributed by atoms with Crippen LogP contribution in [-0.2, 0) is 6.42 Å². The number of aromatic hydroxyl groups is 1. The highest BCUT2D eigenvalue weighted by atomic mass is 16.6. The third-order valence-corrected chi connectivity index (χ3v) is 2.44. The minimum Gasteiger partial charge on any atom is -0.504 e. The maximum atomic E-state index is 9.25. The Kier molecular flexibility index (Phi) is 2.59. The fraction of sp³-hybridized carbons (Fsp3) is 0.455. The van der Waals surface area contributed by atoms with Crippen molar-refractivity contribution in [2.24, 2.45) is 0 Å². The van der Waals surface area contributed by atoms with Gasteiger partial charge in [-0.05, 0) is 30.9 Å². The summed E-state index contributed by atoms with van der Waals surface area (Å²) in [6, 6.07) is 3.58. The van der Waals surface area contributed by atoms with Gasteiger partial charge in [-0.25, -0.2) is 0 Å². The molecule has 1 aliphatic rings. The maximum absolute atomic E-state index is 9.25. The lowest BCUT2D eigenvalue weighted by Crippen LogP contribution is -1.86.